The number of carbonyl (C=O) groups is 2. The van der Waals surface area contributed by atoms with E-state index >= 15 is 0 Å². The van der Waals surface area contributed by atoms with E-state index in [1.165, 1.54) is 14.2 Å². The number of esters is 1. The fourth-order valence-corrected chi connectivity index (χ4v) is 1.56. The summed E-state index contributed by atoms with van der Waals surface area (Å²) in [5, 5.41) is 0. The van der Waals surface area contributed by atoms with Crippen LogP contribution in [0.1, 0.15) is 23.7 Å². The van der Waals surface area contributed by atoms with Gasteiger partial charge in [-0.25, -0.2) is 0 Å². The Morgan fingerprint density at radius 2 is 1.67 bits per heavy atom. The molecule has 0 radical (unpaired) electrons. The molecule has 0 spiro atoms. The lowest BCUT2D eigenvalue weighted by Crippen LogP contribution is -2.13. The Labute approximate surface area is 106 Å². The van der Waals surface area contributed by atoms with E-state index in [1.807, 2.05) is 0 Å². The van der Waals surface area contributed by atoms with Crippen LogP contribution in [-0.2, 0) is 9.53 Å². The smallest absolute Gasteiger partial charge is 0.313 e. The SMILES string of the molecule is CCOC(=O)CC(=O)c1c(OC)cccc1OC. The van der Waals surface area contributed by atoms with E-state index in [0.29, 0.717) is 11.5 Å². The summed E-state index contributed by atoms with van der Waals surface area (Å²) in [4.78, 5) is 23.3. The van der Waals surface area contributed by atoms with E-state index in [9.17, 15) is 9.59 Å². The summed E-state index contributed by atoms with van der Waals surface area (Å²) in [6, 6.07) is 4.99. The fraction of sp³-hybridized carbons (Fsp3) is 0.385. The van der Waals surface area contributed by atoms with Gasteiger partial charge in [0.05, 0.1) is 20.8 Å². The fourth-order valence-electron chi connectivity index (χ4n) is 1.56. The van der Waals surface area contributed by atoms with Gasteiger partial charge in [0.2, 0.25) is 0 Å². The van der Waals surface area contributed by atoms with Crippen LogP contribution in [0.15, 0.2) is 18.2 Å². The lowest BCUT2D eigenvalue weighted by molar-refractivity contribution is -0.141. The van der Waals surface area contributed by atoms with Gasteiger partial charge in [-0.15, -0.1) is 0 Å². The molecule has 18 heavy (non-hydrogen) atoms. The number of Topliss-reactive ketones (excluding diaryl/α,β-unsaturated/α-hetero) is 1. The van der Waals surface area contributed by atoms with Crippen LogP contribution < -0.4 is 9.47 Å². The van der Waals surface area contributed by atoms with Crippen molar-refractivity contribution in [2.24, 2.45) is 0 Å². The Balaban J connectivity index is 3.00. The minimum absolute atomic E-state index is 0.245. The van der Waals surface area contributed by atoms with Crippen molar-refractivity contribution in [3.8, 4) is 11.5 Å². The molecule has 0 fully saturated rings. The van der Waals surface area contributed by atoms with Crippen molar-refractivity contribution in [3.63, 3.8) is 0 Å². The zero-order valence-corrected chi connectivity index (χ0v) is 10.7. The van der Waals surface area contributed by atoms with Gasteiger partial charge in [-0.1, -0.05) is 6.07 Å². The van der Waals surface area contributed by atoms with E-state index in [0.717, 1.165) is 0 Å². The van der Waals surface area contributed by atoms with Crippen LogP contribution in [-0.4, -0.2) is 32.6 Å². The highest BCUT2D eigenvalue weighted by Gasteiger charge is 2.21. The van der Waals surface area contributed by atoms with Crippen LogP contribution in [0.3, 0.4) is 0 Å². The van der Waals surface area contributed by atoms with Crippen LogP contribution in [0.25, 0.3) is 0 Å². The van der Waals surface area contributed by atoms with Gasteiger partial charge in [0, 0.05) is 0 Å². The molecule has 0 aliphatic rings. The van der Waals surface area contributed by atoms with Gasteiger partial charge in [-0.3, -0.25) is 9.59 Å². The molecule has 0 atom stereocenters. The third-order valence-electron chi connectivity index (χ3n) is 2.32. The Morgan fingerprint density at radius 1 is 1.11 bits per heavy atom. The van der Waals surface area contributed by atoms with E-state index in [1.54, 1.807) is 25.1 Å². The molecule has 98 valence electrons. The quantitative estimate of drug-likeness (QED) is 0.439. The van der Waals surface area contributed by atoms with Crippen LogP contribution in [0.5, 0.6) is 11.5 Å². The summed E-state index contributed by atoms with van der Waals surface area (Å²) < 4.78 is 14.9. The Bertz CT molecular complexity index is 417. The highest BCUT2D eigenvalue weighted by atomic mass is 16.5. The molecule has 5 heteroatoms. The van der Waals surface area contributed by atoms with Crippen LogP contribution in [0, 0.1) is 0 Å². The molecular weight excluding hydrogens is 236 g/mol. The van der Waals surface area contributed by atoms with Crippen molar-refractivity contribution in [2.75, 3.05) is 20.8 Å². The number of rotatable bonds is 6. The molecule has 0 heterocycles. The molecule has 0 amide bonds. The topological polar surface area (TPSA) is 61.8 Å². The van der Waals surface area contributed by atoms with Crippen molar-refractivity contribution >= 4 is 11.8 Å². The van der Waals surface area contributed by atoms with E-state index in [-0.39, 0.29) is 24.4 Å². The second-order valence-electron chi connectivity index (χ2n) is 3.44. The van der Waals surface area contributed by atoms with Crippen molar-refractivity contribution in [3.05, 3.63) is 23.8 Å². The van der Waals surface area contributed by atoms with Crippen molar-refractivity contribution in [2.45, 2.75) is 13.3 Å². The van der Waals surface area contributed by atoms with Crippen LogP contribution in [0.4, 0.5) is 0 Å². The lowest BCUT2D eigenvalue weighted by atomic mass is 10.1. The first kappa shape index (κ1) is 14.0. The molecule has 1 aromatic rings. The molecule has 0 aliphatic carbocycles. The van der Waals surface area contributed by atoms with E-state index < -0.39 is 5.97 Å². The Morgan fingerprint density at radius 3 is 2.11 bits per heavy atom. The minimum atomic E-state index is -0.560. The normalized spacial score (nSPS) is 9.72. The number of ketones is 1. The van der Waals surface area contributed by atoms with Crippen molar-refractivity contribution in [1.29, 1.82) is 0 Å². The molecular formula is C13H16O5. The number of hydrogen-bond donors (Lipinski definition) is 0. The maximum absolute atomic E-state index is 12.0. The first-order valence-electron chi connectivity index (χ1n) is 5.53. The summed E-state index contributed by atoms with van der Waals surface area (Å²) in [5.74, 6) is -0.189. The molecule has 0 N–H and O–H groups in total. The molecule has 0 saturated heterocycles. The molecule has 0 saturated carbocycles. The van der Waals surface area contributed by atoms with Gasteiger partial charge in [0.15, 0.2) is 5.78 Å². The van der Waals surface area contributed by atoms with Gasteiger partial charge < -0.3 is 14.2 Å². The maximum atomic E-state index is 12.0. The first-order valence-corrected chi connectivity index (χ1v) is 5.53. The zero-order chi connectivity index (χ0) is 13.5. The summed E-state index contributed by atoms with van der Waals surface area (Å²) in [6.45, 7) is 1.93. The number of methoxy groups -OCH3 is 2. The summed E-state index contributed by atoms with van der Waals surface area (Å²) in [7, 11) is 2.91. The lowest BCUT2D eigenvalue weighted by Gasteiger charge is -2.11. The van der Waals surface area contributed by atoms with Crippen molar-refractivity contribution in [1.82, 2.24) is 0 Å². The van der Waals surface area contributed by atoms with Crippen LogP contribution in [0.2, 0.25) is 0 Å². The predicted octanol–water partition coefficient (Wildman–Crippen LogP) is 1.84. The van der Waals surface area contributed by atoms with E-state index in [2.05, 4.69) is 0 Å². The van der Waals surface area contributed by atoms with Gasteiger partial charge in [0.25, 0.3) is 0 Å². The largest absolute Gasteiger partial charge is 0.496 e. The minimum Gasteiger partial charge on any atom is -0.496 e. The molecule has 0 aliphatic heterocycles. The first-order chi connectivity index (χ1) is 8.63. The molecule has 1 rings (SSSR count). The Kier molecular flexibility index (Phi) is 5.17. The summed E-state index contributed by atoms with van der Waals surface area (Å²) in [5.41, 5.74) is 0.260. The van der Waals surface area contributed by atoms with Gasteiger partial charge in [-0.05, 0) is 19.1 Å². The summed E-state index contributed by atoms with van der Waals surface area (Å²) in [6.07, 6.45) is -0.329. The molecule has 0 unspecified atom stereocenters. The average Bonchev–Trinajstić information content (AvgIpc) is 2.37. The van der Waals surface area contributed by atoms with Crippen LogP contribution >= 0.6 is 0 Å². The highest BCUT2D eigenvalue weighted by Crippen LogP contribution is 2.29. The number of hydrogen-bond acceptors (Lipinski definition) is 5. The monoisotopic (exact) mass is 252 g/mol. The third kappa shape index (κ3) is 3.23. The Hall–Kier alpha value is -2.04. The van der Waals surface area contributed by atoms with E-state index in [4.69, 9.17) is 14.2 Å². The molecule has 0 bridgehead atoms. The standard InChI is InChI=1S/C13H16O5/c1-4-18-12(15)8-9(14)13-10(16-2)6-5-7-11(13)17-3/h5-7H,4,8H2,1-3H3. The second-order valence-corrected chi connectivity index (χ2v) is 3.44. The van der Waals surface area contributed by atoms with Gasteiger partial charge in [-0.2, -0.15) is 0 Å². The zero-order valence-electron chi connectivity index (χ0n) is 10.7. The number of benzene rings is 1. The van der Waals surface area contributed by atoms with Crippen molar-refractivity contribution < 1.29 is 23.8 Å². The average molecular weight is 252 g/mol. The third-order valence-corrected chi connectivity index (χ3v) is 2.32. The second kappa shape index (κ2) is 6.64. The number of carbonyl (C=O) groups excluding carboxylic acids is 2. The molecule has 1 aromatic carbocycles. The maximum Gasteiger partial charge on any atom is 0.313 e. The highest BCUT2D eigenvalue weighted by molar-refractivity contribution is 6.09. The van der Waals surface area contributed by atoms with Gasteiger partial charge >= 0.3 is 5.97 Å². The summed E-state index contributed by atoms with van der Waals surface area (Å²) >= 11 is 0. The van der Waals surface area contributed by atoms with Gasteiger partial charge in [0.1, 0.15) is 23.5 Å². The predicted molar refractivity (Wildman–Crippen MR) is 65.1 cm³/mol. The molecule has 0 aromatic heterocycles. The molecule has 5 nitrogen and oxygen atoms in total. The number of ether oxygens (including phenoxy) is 3.